The van der Waals surface area contributed by atoms with Crippen molar-refractivity contribution >= 4 is 29.3 Å². The molecule has 1 aromatic carbocycles. The fourth-order valence-corrected chi connectivity index (χ4v) is 5.51. The molecule has 6 heteroatoms. The smallest absolute Gasteiger partial charge is 0.126 e. The predicted molar refractivity (Wildman–Crippen MR) is 128 cm³/mol. The summed E-state index contributed by atoms with van der Waals surface area (Å²) in [5.74, 6) is 0.880. The van der Waals surface area contributed by atoms with Gasteiger partial charge in [0, 0.05) is 55.1 Å². The summed E-state index contributed by atoms with van der Waals surface area (Å²) in [4.78, 5) is 4.86. The minimum Gasteiger partial charge on any atom is -0.465 e. The summed E-state index contributed by atoms with van der Waals surface area (Å²) >= 11 is 13.1. The van der Waals surface area contributed by atoms with Crippen LogP contribution in [0.1, 0.15) is 37.0 Å². The van der Waals surface area contributed by atoms with Gasteiger partial charge in [0.25, 0.3) is 0 Å². The molecular formula is C25H32Cl2N2O2. The van der Waals surface area contributed by atoms with Crippen LogP contribution in [-0.4, -0.2) is 60.3 Å². The number of halogens is 2. The van der Waals surface area contributed by atoms with Crippen molar-refractivity contribution in [1.29, 1.82) is 0 Å². The number of hydrogen-bond acceptors (Lipinski definition) is 4. The number of aliphatic hydroxyl groups is 1. The summed E-state index contributed by atoms with van der Waals surface area (Å²) in [7, 11) is 2.17. The number of benzene rings is 1. The molecule has 31 heavy (non-hydrogen) atoms. The van der Waals surface area contributed by atoms with Crippen LogP contribution >= 0.6 is 23.2 Å². The average Bonchev–Trinajstić information content (AvgIpc) is 3.21. The Hall–Kier alpha value is -1.30. The van der Waals surface area contributed by atoms with Crippen LogP contribution in [0.15, 0.2) is 46.6 Å². The van der Waals surface area contributed by atoms with Crippen molar-refractivity contribution in [3.8, 4) is 0 Å². The lowest BCUT2D eigenvalue weighted by molar-refractivity contribution is -0.00646. The fraction of sp³-hybridized carbons (Fsp3) is 0.520. The highest BCUT2D eigenvalue weighted by Gasteiger charge is 2.43. The summed E-state index contributed by atoms with van der Waals surface area (Å²) < 4.78 is 5.61. The largest absolute Gasteiger partial charge is 0.465 e. The maximum atomic E-state index is 12.4. The van der Waals surface area contributed by atoms with Crippen LogP contribution in [0.3, 0.4) is 0 Å². The number of furan rings is 1. The van der Waals surface area contributed by atoms with Gasteiger partial charge in [-0.2, -0.15) is 0 Å². The molecule has 0 amide bonds. The van der Waals surface area contributed by atoms with Gasteiger partial charge in [0.2, 0.25) is 0 Å². The highest BCUT2D eigenvalue weighted by Crippen LogP contribution is 2.43. The van der Waals surface area contributed by atoms with E-state index in [4.69, 9.17) is 27.6 Å². The minimum atomic E-state index is -1.03. The number of rotatable bonds is 5. The molecule has 2 aliphatic rings. The Labute approximate surface area is 195 Å². The Morgan fingerprint density at radius 2 is 1.84 bits per heavy atom. The zero-order chi connectivity index (χ0) is 21.8. The second-order valence-electron chi connectivity index (χ2n) is 9.03. The van der Waals surface area contributed by atoms with Gasteiger partial charge < -0.3 is 19.3 Å². The number of piperazine rings is 1. The van der Waals surface area contributed by atoms with E-state index in [1.54, 1.807) is 6.26 Å². The predicted octanol–water partition coefficient (Wildman–Crippen LogP) is 5.38. The molecule has 168 valence electrons. The lowest BCUT2D eigenvalue weighted by Gasteiger charge is -2.42. The number of hydrogen-bond donors (Lipinski definition) is 1. The normalized spacial score (nSPS) is 27.5. The van der Waals surface area contributed by atoms with E-state index in [0.717, 1.165) is 75.3 Å². The number of nitrogens with zero attached hydrogens (tertiary/aromatic N) is 2. The molecule has 2 aromatic rings. The van der Waals surface area contributed by atoms with Gasteiger partial charge in [-0.05, 0) is 67.8 Å². The second-order valence-corrected chi connectivity index (χ2v) is 9.85. The highest BCUT2D eigenvalue weighted by atomic mass is 35.5. The van der Waals surface area contributed by atoms with Crippen LogP contribution < -0.4 is 0 Å². The monoisotopic (exact) mass is 462 g/mol. The first kappa shape index (κ1) is 22.9. The van der Waals surface area contributed by atoms with Crippen LogP contribution in [0.25, 0.3) is 6.08 Å². The zero-order valence-corrected chi connectivity index (χ0v) is 19.7. The van der Waals surface area contributed by atoms with Crippen LogP contribution in [0.2, 0.25) is 10.0 Å². The van der Waals surface area contributed by atoms with E-state index in [0.29, 0.717) is 16.5 Å². The van der Waals surface area contributed by atoms with E-state index in [2.05, 4.69) is 16.8 Å². The topological polar surface area (TPSA) is 39.9 Å². The van der Waals surface area contributed by atoms with Crippen molar-refractivity contribution in [2.75, 3.05) is 39.8 Å². The molecule has 0 radical (unpaired) electrons. The summed E-state index contributed by atoms with van der Waals surface area (Å²) in [6.45, 7) is 5.08. The SMILES string of the molecule is CN1CCN(CC2CCCC/C(=C/c3ccco3)C2(O)Cc2c(Cl)cccc2Cl)CC1. The zero-order valence-electron chi connectivity index (χ0n) is 18.2. The first-order valence-electron chi connectivity index (χ1n) is 11.3. The standard InChI is InChI=1S/C25H32Cl2N2O2/c1-28-11-13-29(14-12-28)18-20-7-3-2-6-19(16-21-8-5-15-31-21)25(20,30)17-22-23(26)9-4-10-24(22)27/h4-5,8-10,15-16,20,30H,2-3,6-7,11-14,17-18H2,1H3/b19-16-. The molecule has 2 unspecified atom stereocenters. The molecule has 0 bridgehead atoms. The van der Waals surface area contributed by atoms with Crippen LogP contribution in [0, 0.1) is 5.92 Å². The Morgan fingerprint density at radius 1 is 1.10 bits per heavy atom. The lowest BCUT2D eigenvalue weighted by atomic mass is 9.75. The third-order valence-electron chi connectivity index (χ3n) is 6.92. The molecule has 2 atom stereocenters. The molecule has 1 N–H and O–H groups in total. The Bertz CT molecular complexity index is 871. The van der Waals surface area contributed by atoms with Crippen molar-refractivity contribution in [2.45, 2.75) is 37.7 Å². The van der Waals surface area contributed by atoms with Crippen molar-refractivity contribution in [3.05, 3.63) is 63.5 Å². The van der Waals surface area contributed by atoms with Crippen LogP contribution in [-0.2, 0) is 6.42 Å². The van der Waals surface area contributed by atoms with E-state index >= 15 is 0 Å². The van der Waals surface area contributed by atoms with Gasteiger partial charge in [-0.3, -0.25) is 0 Å². The summed E-state index contributed by atoms with van der Waals surface area (Å²) in [5.41, 5.74) is 0.820. The Kier molecular flexibility index (Phi) is 7.45. The highest BCUT2D eigenvalue weighted by molar-refractivity contribution is 6.36. The maximum Gasteiger partial charge on any atom is 0.126 e. The van der Waals surface area contributed by atoms with Crippen LogP contribution in [0.4, 0.5) is 0 Å². The molecule has 1 saturated heterocycles. The summed E-state index contributed by atoms with van der Waals surface area (Å²) in [6, 6.07) is 9.39. The van der Waals surface area contributed by atoms with E-state index in [9.17, 15) is 5.11 Å². The van der Waals surface area contributed by atoms with Gasteiger partial charge in [0.05, 0.1) is 11.9 Å². The van der Waals surface area contributed by atoms with Crippen LogP contribution in [0.5, 0.6) is 0 Å². The van der Waals surface area contributed by atoms with Crippen molar-refractivity contribution in [3.63, 3.8) is 0 Å². The molecule has 1 aliphatic heterocycles. The average molecular weight is 463 g/mol. The molecule has 2 fully saturated rings. The Morgan fingerprint density at radius 3 is 2.52 bits per heavy atom. The summed E-state index contributed by atoms with van der Waals surface area (Å²) in [5, 5.41) is 13.6. The molecule has 1 aromatic heterocycles. The second kappa shape index (κ2) is 10.1. The van der Waals surface area contributed by atoms with Gasteiger partial charge in [-0.15, -0.1) is 0 Å². The molecule has 4 nitrogen and oxygen atoms in total. The fourth-order valence-electron chi connectivity index (χ4n) is 4.98. The summed E-state index contributed by atoms with van der Waals surface area (Å²) in [6.07, 6.45) is 8.12. The van der Waals surface area contributed by atoms with E-state index < -0.39 is 5.60 Å². The number of likely N-dealkylation sites (N-methyl/N-ethyl adjacent to an activating group) is 1. The van der Waals surface area contributed by atoms with Gasteiger partial charge in [0.1, 0.15) is 5.76 Å². The molecule has 0 spiro atoms. The van der Waals surface area contributed by atoms with Crippen molar-refractivity contribution in [1.82, 2.24) is 9.80 Å². The third kappa shape index (κ3) is 5.37. The molecular weight excluding hydrogens is 431 g/mol. The van der Waals surface area contributed by atoms with Gasteiger partial charge >= 0.3 is 0 Å². The first-order valence-corrected chi connectivity index (χ1v) is 12.0. The first-order chi connectivity index (χ1) is 15.0. The Balaban J connectivity index is 1.70. The van der Waals surface area contributed by atoms with Gasteiger partial charge in [-0.25, -0.2) is 0 Å². The van der Waals surface area contributed by atoms with E-state index in [1.165, 1.54) is 0 Å². The van der Waals surface area contributed by atoms with E-state index in [1.807, 2.05) is 36.4 Å². The molecule has 2 heterocycles. The molecule has 1 aliphatic carbocycles. The quantitative estimate of drug-likeness (QED) is 0.605. The van der Waals surface area contributed by atoms with Crippen molar-refractivity contribution in [2.24, 2.45) is 5.92 Å². The lowest BCUT2D eigenvalue weighted by Crippen LogP contribution is -2.51. The van der Waals surface area contributed by atoms with E-state index in [-0.39, 0.29) is 5.92 Å². The molecule has 1 saturated carbocycles. The minimum absolute atomic E-state index is 0.104. The maximum absolute atomic E-state index is 12.4. The van der Waals surface area contributed by atoms with Gasteiger partial charge in [0.15, 0.2) is 0 Å². The third-order valence-corrected chi connectivity index (χ3v) is 7.63. The van der Waals surface area contributed by atoms with Gasteiger partial charge in [-0.1, -0.05) is 35.7 Å². The van der Waals surface area contributed by atoms with Crippen molar-refractivity contribution < 1.29 is 9.52 Å². The molecule has 4 rings (SSSR count).